The van der Waals surface area contributed by atoms with E-state index < -0.39 is 0 Å². The summed E-state index contributed by atoms with van der Waals surface area (Å²) in [4.78, 5) is 7.58. The zero-order valence-electron chi connectivity index (χ0n) is 13.4. The van der Waals surface area contributed by atoms with Gasteiger partial charge in [-0.05, 0) is 51.4 Å². The van der Waals surface area contributed by atoms with Gasteiger partial charge < -0.3 is 4.57 Å². The molecule has 0 N–H and O–H groups in total. The van der Waals surface area contributed by atoms with Crippen LogP contribution >= 0.6 is 0 Å². The van der Waals surface area contributed by atoms with Gasteiger partial charge in [0.1, 0.15) is 5.82 Å². The molecule has 1 fully saturated rings. The number of fused-ring (bicyclic) bond motifs is 1. The molecular weight excluding hydrogens is 258 g/mol. The Morgan fingerprint density at radius 3 is 2.52 bits per heavy atom. The maximum atomic E-state index is 4.96. The lowest BCUT2D eigenvalue weighted by atomic mass is 10.2. The molecule has 0 bridgehead atoms. The van der Waals surface area contributed by atoms with Crippen LogP contribution in [0.5, 0.6) is 0 Å². The average Bonchev–Trinajstić information content (AvgIpc) is 2.70. The molecule has 0 aliphatic carbocycles. The summed E-state index contributed by atoms with van der Waals surface area (Å²) in [6.07, 6.45) is 6.58. The van der Waals surface area contributed by atoms with E-state index >= 15 is 0 Å². The van der Waals surface area contributed by atoms with E-state index in [0.717, 1.165) is 18.5 Å². The lowest BCUT2D eigenvalue weighted by Crippen LogP contribution is -2.30. The molecule has 1 aliphatic heterocycles. The Kier molecular flexibility index (Phi) is 4.59. The van der Waals surface area contributed by atoms with E-state index in [0.29, 0.717) is 6.04 Å². The van der Waals surface area contributed by atoms with E-state index in [2.05, 4.69) is 47.6 Å². The topological polar surface area (TPSA) is 21.1 Å². The molecule has 3 heteroatoms. The Morgan fingerprint density at radius 2 is 1.81 bits per heavy atom. The van der Waals surface area contributed by atoms with Crippen LogP contribution < -0.4 is 0 Å². The molecule has 114 valence electrons. The first kappa shape index (κ1) is 14.6. The van der Waals surface area contributed by atoms with Crippen molar-refractivity contribution in [3.8, 4) is 0 Å². The number of benzene rings is 1. The fourth-order valence-electron chi connectivity index (χ4n) is 3.52. The largest absolute Gasteiger partial charge is 0.327 e. The van der Waals surface area contributed by atoms with Crippen LogP contribution in [0.1, 0.15) is 57.8 Å². The zero-order valence-corrected chi connectivity index (χ0v) is 13.4. The maximum absolute atomic E-state index is 4.96. The van der Waals surface area contributed by atoms with Crippen molar-refractivity contribution in [1.82, 2.24) is 14.5 Å². The monoisotopic (exact) mass is 285 g/mol. The van der Waals surface area contributed by atoms with Crippen molar-refractivity contribution in [3.63, 3.8) is 0 Å². The van der Waals surface area contributed by atoms with E-state index in [1.165, 1.54) is 50.1 Å². The predicted molar refractivity (Wildman–Crippen MR) is 88.5 cm³/mol. The smallest absolute Gasteiger partial charge is 0.127 e. The summed E-state index contributed by atoms with van der Waals surface area (Å²) in [6.45, 7) is 8.08. The molecule has 0 unspecified atom stereocenters. The van der Waals surface area contributed by atoms with Crippen LogP contribution in [0, 0.1) is 0 Å². The lowest BCUT2D eigenvalue weighted by Gasteiger charge is -2.27. The Morgan fingerprint density at radius 1 is 1.10 bits per heavy atom. The van der Waals surface area contributed by atoms with E-state index in [9.17, 15) is 0 Å². The van der Waals surface area contributed by atoms with Crippen LogP contribution in [0.4, 0.5) is 0 Å². The van der Waals surface area contributed by atoms with Gasteiger partial charge in [0.05, 0.1) is 17.1 Å². The van der Waals surface area contributed by atoms with Gasteiger partial charge in [0.2, 0.25) is 0 Å². The first-order valence-corrected chi connectivity index (χ1v) is 8.50. The molecule has 1 saturated heterocycles. The Hall–Kier alpha value is -1.35. The fourth-order valence-corrected chi connectivity index (χ4v) is 3.52. The molecule has 3 nitrogen and oxygen atoms in total. The minimum absolute atomic E-state index is 0.419. The standard InChI is InChI=1S/C18H27N3/c1-3-12-21-17-11-7-6-10-16(17)19-18(21)15(2)20-13-8-4-5-9-14-20/h6-7,10-11,15H,3-5,8-9,12-14H2,1-2H3/t15-/m1/s1. The summed E-state index contributed by atoms with van der Waals surface area (Å²) in [6, 6.07) is 8.97. The third kappa shape index (κ3) is 2.98. The number of rotatable bonds is 4. The van der Waals surface area contributed by atoms with Crippen molar-refractivity contribution in [2.24, 2.45) is 0 Å². The fraction of sp³-hybridized carbons (Fsp3) is 0.611. The van der Waals surface area contributed by atoms with Gasteiger partial charge in [0.15, 0.2) is 0 Å². The second-order valence-electron chi connectivity index (χ2n) is 6.24. The molecule has 3 rings (SSSR count). The van der Waals surface area contributed by atoms with Crippen molar-refractivity contribution >= 4 is 11.0 Å². The molecule has 1 aromatic heterocycles. The molecule has 21 heavy (non-hydrogen) atoms. The lowest BCUT2D eigenvalue weighted by molar-refractivity contribution is 0.207. The molecule has 1 aromatic carbocycles. The minimum atomic E-state index is 0.419. The Balaban J connectivity index is 1.95. The summed E-state index contributed by atoms with van der Waals surface area (Å²) in [7, 11) is 0. The molecule has 0 saturated carbocycles. The highest BCUT2D eigenvalue weighted by molar-refractivity contribution is 5.76. The average molecular weight is 285 g/mol. The number of aryl methyl sites for hydroxylation is 1. The quantitative estimate of drug-likeness (QED) is 0.831. The first-order valence-electron chi connectivity index (χ1n) is 8.50. The van der Waals surface area contributed by atoms with E-state index in [1.54, 1.807) is 0 Å². The van der Waals surface area contributed by atoms with E-state index in [-0.39, 0.29) is 0 Å². The third-order valence-corrected chi connectivity index (χ3v) is 4.69. The Bertz CT molecular complexity index is 579. The molecular formula is C18H27N3. The van der Waals surface area contributed by atoms with Crippen molar-refractivity contribution in [1.29, 1.82) is 0 Å². The number of hydrogen-bond acceptors (Lipinski definition) is 2. The van der Waals surface area contributed by atoms with Gasteiger partial charge in [0, 0.05) is 6.54 Å². The SMILES string of the molecule is CCCn1c([C@@H](C)N2CCCCCC2)nc2ccccc21. The van der Waals surface area contributed by atoms with E-state index in [4.69, 9.17) is 4.98 Å². The summed E-state index contributed by atoms with van der Waals surface area (Å²) >= 11 is 0. The van der Waals surface area contributed by atoms with Gasteiger partial charge >= 0.3 is 0 Å². The minimum Gasteiger partial charge on any atom is -0.327 e. The van der Waals surface area contributed by atoms with Gasteiger partial charge in [-0.2, -0.15) is 0 Å². The van der Waals surface area contributed by atoms with Gasteiger partial charge in [0.25, 0.3) is 0 Å². The van der Waals surface area contributed by atoms with Gasteiger partial charge in [-0.1, -0.05) is 31.9 Å². The van der Waals surface area contributed by atoms with Crippen molar-refractivity contribution in [2.75, 3.05) is 13.1 Å². The molecule has 1 aliphatic rings. The zero-order chi connectivity index (χ0) is 14.7. The van der Waals surface area contributed by atoms with Crippen LogP contribution in [0.2, 0.25) is 0 Å². The van der Waals surface area contributed by atoms with Crippen LogP contribution in [0.3, 0.4) is 0 Å². The van der Waals surface area contributed by atoms with Gasteiger partial charge in [-0.15, -0.1) is 0 Å². The summed E-state index contributed by atoms with van der Waals surface area (Å²) in [5.41, 5.74) is 2.43. The van der Waals surface area contributed by atoms with Crippen LogP contribution in [0.25, 0.3) is 11.0 Å². The van der Waals surface area contributed by atoms with Crippen LogP contribution in [-0.2, 0) is 6.54 Å². The van der Waals surface area contributed by atoms with Crippen LogP contribution in [-0.4, -0.2) is 27.5 Å². The second-order valence-corrected chi connectivity index (χ2v) is 6.24. The number of aromatic nitrogens is 2. The summed E-state index contributed by atoms with van der Waals surface area (Å²) < 4.78 is 2.44. The number of imidazole rings is 1. The Labute approximate surface area is 128 Å². The highest BCUT2D eigenvalue weighted by Crippen LogP contribution is 2.27. The summed E-state index contributed by atoms with van der Waals surface area (Å²) in [5.74, 6) is 1.25. The molecule has 0 radical (unpaired) electrons. The normalized spacial score (nSPS) is 18.8. The number of likely N-dealkylation sites (tertiary alicyclic amines) is 1. The summed E-state index contributed by atoms with van der Waals surface area (Å²) in [5, 5.41) is 0. The van der Waals surface area contributed by atoms with Gasteiger partial charge in [-0.3, -0.25) is 4.90 Å². The van der Waals surface area contributed by atoms with Crippen molar-refractivity contribution in [3.05, 3.63) is 30.1 Å². The predicted octanol–water partition coefficient (Wildman–Crippen LogP) is 4.38. The van der Waals surface area contributed by atoms with Crippen LogP contribution in [0.15, 0.2) is 24.3 Å². The molecule has 0 amide bonds. The number of nitrogens with zero attached hydrogens (tertiary/aromatic N) is 3. The van der Waals surface area contributed by atoms with Gasteiger partial charge in [-0.25, -0.2) is 4.98 Å². The molecule has 2 heterocycles. The molecule has 2 aromatic rings. The molecule has 0 spiro atoms. The van der Waals surface area contributed by atoms with Crippen molar-refractivity contribution < 1.29 is 0 Å². The first-order chi connectivity index (χ1) is 10.3. The van der Waals surface area contributed by atoms with E-state index in [1.807, 2.05) is 0 Å². The number of para-hydroxylation sites is 2. The number of hydrogen-bond donors (Lipinski definition) is 0. The van der Waals surface area contributed by atoms with Crippen molar-refractivity contribution in [2.45, 2.75) is 58.5 Å². The highest BCUT2D eigenvalue weighted by atomic mass is 15.2. The second kappa shape index (κ2) is 6.61. The molecule has 1 atom stereocenters. The highest BCUT2D eigenvalue weighted by Gasteiger charge is 2.22. The third-order valence-electron chi connectivity index (χ3n) is 4.69. The maximum Gasteiger partial charge on any atom is 0.127 e.